The van der Waals surface area contributed by atoms with Crippen LogP contribution >= 0.6 is 0 Å². The van der Waals surface area contributed by atoms with Crippen molar-refractivity contribution in [3.8, 4) is 0 Å². The van der Waals surface area contributed by atoms with Crippen LogP contribution in [0.3, 0.4) is 0 Å². The number of nitrogens with one attached hydrogen (secondary N) is 2. The molecule has 1 fully saturated rings. The highest BCUT2D eigenvalue weighted by Crippen LogP contribution is 2.33. The second-order valence-corrected chi connectivity index (χ2v) is 7.38. The highest BCUT2D eigenvalue weighted by atomic mass is 32.2. The van der Waals surface area contributed by atoms with Crippen LogP contribution in [-0.4, -0.2) is 37.0 Å². The fourth-order valence-electron chi connectivity index (χ4n) is 2.43. The number of sulfone groups is 1. The summed E-state index contributed by atoms with van der Waals surface area (Å²) in [5.41, 5.74) is 0.286. The number of alkyl halides is 1. The molecular weight excluding hydrogens is 311 g/mol. The molecule has 120 valence electrons. The van der Waals surface area contributed by atoms with Crippen LogP contribution in [0, 0.1) is 0 Å². The molecule has 0 aliphatic carbocycles. The first kappa shape index (κ1) is 16.4. The van der Waals surface area contributed by atoms with Gasteiger partial charge in [-0.05, 0) is 18.6 Å². The van der Waals surface area contributed by atoms with Gasteiger partial charge in [0.1, 0.15) is 0 Å². The summed E-state index contributed by atoms with van der Waals surface area (Å²) in [6.45, 7) is 1.62. The van der Waals surface area contributed by atoms with E-state index in [1.54, 1.807) is 25.1 Å². The van der Waals surface area contributed by atoms with Crippen LogP contribution in [0.1, 0.15) is 19.8 Å². The van der Waals surface area contributed by atoms with Gasteiger partial charge in [0.25, 0.3) is 10.8 Å². The minimum absolute atomic E-state index is 0.231. The zero-order chi connectivity index (χ0) is 16.4. The molecule has 1 aromatic rings. The first-order valence-corrected chi connectivity index (χ1v) is 8.52. The summed E-state index contributed by atoms with van der Waals surface area (Å²) in [6, 6.07) is 8.01. The summed E-state index contributed by atoms with van der Waals surface area (Å²) in [5, 5.41) is 4.44. The molecule has 8 heteroatoms. The van der Waals surface area contributed by atoms with Gasteiger partial charge in [-0.2, -0.15) is 0 Å². The van der Waals surface area contributed by atoms with Gasteiger partial charge in [-0.15, -0.1) is 0 Å². The fourth-order valence-corrected chi connectivity index (χ4v) is 4.37. The summed E-state index contributed by atoms with van der Waals surface area (Å²) in [4.78, 5) is 21.1. The molecule has 1 saturated heterocycles. The Balaban J connectivity index is 2.54. The van der Waals surface area contributed by atoms with Gasteiger partial charge in [-0.25, -0.2) is 12.8 Å². The third-order valence-corrected chi connectivity index (χ3v) is 5.93. The van der Waals surface area contributed by atoms with Crippen molar-refractivity contribution in [2.24, 2.45) is 0 Å². The number of carbonyl (C=O) groups is 2. The SMILES string of the molecule is CCCS(=O)(=O)C1(Nc2ccccc2)C(=O)NC(=O)CC1F. The number of imide groups is 1. The van der Waals surface area contributed by atoms with Crippen molar-refractivity contribution in [2.75, 3.05) is 11.1 Å². The van der Waals surface area contributed by atoms with Gasteiger partial charge >= 0.3 is 0 Å². The minimum Gasteiger partial charge on any atom is -0.357 e. The van der Waals surface area contributed by atoms with Crippen molar-refractivity contribution in [1.29, 1.82) is 0 Å². The summed E-state index contributed by atoms with van der Waals surface area (Å²) >= 11 is 0. The lowest BCUT2D eigenvalue weighted by Crippen LogP contribution is -2.68. The summed E-state index contributed by atoms with van der Waals surface area (Å²) in [5.74, 6) is -2.36. The van der Waals surface area contributed by atoms with Crippen molar-refractivity contribution in [2.45, 2.75) is 30.8 Å². The van der Waals surface area contributed by atoms with Gasteiger partial charge in [0.2, 0.25) is 5.91 Å². The molecule has 1 heterocycles. The maximum Gasteiger partial charge on any atom is 0.271 e. The number of halogens is 1. The Morgan fingerprint density at radius 1 is 1.32 bits per heavy atom. The Kier molecular flexibility index (Phi) is 4.50. The van der Waals surface area contributed by atoms with Crippen molar-refractivity contribution >= 4 is 27.3 Å². The van der Waals surface area contributed by atoms with E-state index in [1.165, 1.54) is 12.1 Å². The predicted octanol–water partition coefficient (Wildman–Crippen LogP) is 1.00. The zero-order valence-corrected chi connectivity index (χ0v) is 12.8. The number of para-hydroxylation sites is 1. The minimum atomic E-state index is -4.17. The van der Waals surface area contributed by atoms with Gasteiger partial charge in [-0.1, -0.05) is 25.1 Å². The van der Waals surface area contributed by atoms with E-state index in [2.05, 4.69) is 5.32 Å². The second kappa shape index (κ2) is 6.04. The summed E-state index contributed by atoms with van der Waals surface area (Å²) < 4.78 is 39.7. The maximum absolute atomic E-state index is 14.6. The average molecular weight is 328 g/mol. The molecular formula is C14H17FN2O4S. The van der Waals surface area contributed by atoms with Crippen LogP contribution in [0.2, 0.25) is 0 Å². The molecule has 2 atom stereocenters. The molecule has 2 unspecified atom stereocenters. The van der Waals surface area contributed by atoms with Crippen molar-refractivity contribution in [3.63, 3.8) is 0 Å². The van der Waals surface area contributed by atoms with Gasteiger partial charge < -0.3 is 5.32 Å². The Morgan fingerprint density at radius 3 is 2.50 bits per heavy atom. The third-order valence-electron chi connectivity index (χ3n) is 3.46. The molecule has 1 aliphatic rings. The molecule has 6 nitrogen and oxygen atoms in total. The number of carbonyl (C=O) groups excluding carboxylic acids is 2. The maximum atomic E-state index is 14.6. The average Bonchev–Trinajstić information content (AvgIpc) is 2.43. The Hall–Kier alpha value is -1.96. The number of hydrogen-bond donors (Lipinski definition) is 2. The molecule has 2 N–H and O–H groups in total. The monoisotopic (exact) mass is 328 g/mol. The Bertz CT molecular complexity index is 677. The van der Waals surface area contributed by atoms with E-state index >= 15 is 0 Å². The van der Waals surface area contributed by atoms with Gasteiger partial charge in [0.15, 0.2) is 16.0 Å². The number of piperidine rings is 1. The molecule has 0 saturated carbocycles. The Labute approximate surface area is 128 Å². The van der Waals surface area contributed by atoms with Gasteiger partial charge in [-0.3, -0.25) is 14.9 Å². The van der Waals surface area contributed by atoms with Crippen LogP contribution < -0.4 is 10.6 Å². The van der Waals surface area contributed by atoms with E-state index in [9.17, 15) is 22.4 Å². The predicted molar refractivity (Wildman–Crippen MR) is 79.5 cm³/mol. The number of amides is 2. The van der Waals surface area contributed by atoms with Crippen LogP contribution in [0.25, 0.3) is 0 Å². The van der Waals surface area contributed by atoms with E-state index in [0.29, 0.717) is 0 Å². The number of anilines is 1. The third kappa shape index (κ3) is 2.70. The normalized spacial score (nSPS) is 25.6. The highest BCUT2D eigenvalue weighted by Gasteiger charge is 2.60. The number of rotatable bonds is 5. The number of hydrogen-bond acceptors (Lipinski definition) is 5. The van der Waals surface area contributed by atoms with E-state index < -0.39 is 39.1 Å². The van der Waals surface area contributed by atoms with E-state index in [1.807, 2.05) is 5.32 Å². The van der Waals surface area contributed by atoms with E-state index in [4.69, 9.17) is 0 Å². The first-order valence-electron chi connectivity index (χ1n) is 6.87. The lowest BCUT2D eigenvalue weighted by Gasteiger charge is -2.38. The van der Waals surface area contributed by atoms with Crippen LogP contribution in [0.4, 0.5) is 10.1 Å². The van der Waals surface area contributed by atoms with Crippen molar-refractivity contribution < 1.29 is 22.4 Å². The second-order valence-electron chi connectivity index (χ2n) is 5.09. The number of benzene rings is 1. The highest BCUT2D eigenvalue weighted by molar-refractivity contribution is 7.93. The van der Waals surface area contributed by atoms with Crippen molar-refractivity contribution in [3.05, 3.63) is 30.3 Å². The molecule has 0 radical (unpaired) electrons. The molecule has 2 amide bonds. The topological polar surface area (TPSA) is 92.3 Å². The lowest BCUT2D eigenvalue weighted by atomic mass is 10.0. The molecule has 0 bridgehead atoms. The molecule has 0 aromatic heterocycles. The van der Waals surface area contributed by atoms with Gasteiger partial charge in [0.05, 0.1) is 12.2 Å². The molecule has 1 aromatic carbocycles. The van der Waals surface area contributed by atoms with E-state index in [0.717, 1.165) is 0 Å². The molecule has 1 aliphatic heterocycles. The van der Waals surface area contributed by atoms with Crippen LogP contribution in [0.5, 0.6) is 0 Å². The first-order chi connectivity index (χ1) is 10.3. The van der Waals surface area contributed by atoms with Crippen molar-refractivity contribution in [1.82, 2.24) is 5.32 Å². The molecule has 2 rings (SSSR count). The molecule has 22 heavy (non-hydrogen) atoms. The van der Waals surface area contributed by atoms with Crippen LogP contribution in [-0.2, 0) is 19.4 Å². The summed E-state index contributed by atoms with van der Waals surface area (Å²) in [7, 11) is -4.17. The van der Waals surface area contributed by atoms with Gasteiger partial charge in [0, 0.05) is 5.69 Å². The fraction of sp³-hybridized carbons (Fsp3) is 0.429. The largest absolute Gasteiger partial charge is 0.357 e. The molecule has 0 spiro atoms. The lowest BCUT2D eigenvalue weighted by molar-refractivity contribution is -0.137. The standard InChI is InChI=1S/C14H17FN2O4S/c1-2-8-22(20,21)14(17-10-6-4-3-5-7-10)11(15)9-12(18)16-13(14)19/h3-7,11,17H,2,8-9H2,1H3,(H,16,18,19). The van der Waals surface area contributed by atoms with Crippen LogP contribution in [0.15, 0.2) is 30.3 Å². The quantitative estimate of drug-likeness (QED) is 0.787. The summed E-state index contributed by atoms with van der Waals surface area (Å²) in [6.07, 6.45) is -2.62. The smallest absolute Gasteiger partial charge is 0.271 e. The van der Waals surface area contributed by atoms with E-state index in [-0.39, 0.29) is 17.9 Å². The Morgan fingerprint density at radius 2 is 1.95 bits per heavy atom. The zero-order valence-electron chi connectivity index (χ0n) is 12.0.